The molecule has 1 heterocycles. The Hall–Kier alpha value is -1.79. The summed E-state index contributed by atoms with van der Waals surface area (Å²) in [6.07, 6.45) is 0.676. The van der Waals surface area contributed by atoms with Gasteiger partial charge >= 0.3 is 12.0 Å². The molecule has 108 valence electrons. The van der Waals surface area contributed by atoms with Gasteiger partial charge in [-0.3, -0.25) is 9.59 Å². The van der Waals surface area contributed by atoms with Crippen molar-refractivity contribution in [2.45, 2.75) is 26.7 Å². The molecule has 1 atom stereocenters. The summed E-state index contributed by atoms with van der Waals surface area (Å²) < 4.78 is 0. The van der Waals surface area contributed by atoms with Gasteiger partial charge in [0.15, 0.2) is 0 Å². The molecule has 3 amide bonds. The van der Waals surface area contributed by atoms with Crippen LogP contribution in [0.25, 0.3) is 0 Å². The zero-order valence-electron chi connectivity index (χ0n) is 11.4. The molecule has 3 N–H and O–H groups in total. The Balaban J connectivity index is 2.32. The maximum absolute atomic E-state index is 11.8. The zero-order chi connectivity index (χ0) is 14.5. The Morgan fingerprint density at radius 2 is 2.00 bits per heavy atom. The normalized spacial score (nSPS) is 22.1. The predicted molar refractivity (Wildman–Crippen MR) is 68.6 cm³/mol. The molecule has 0 aromatic carbocycles. The largest absolute Gasteiger partial charge is 0.481 e. The first-order valence-electron chi connectivity index (χ1n) is 6.42. The second-order valence-corrected chi connectivity index (χ2v) is 4.97. The Kier molecular flexibility index (Phi) is 5.14. The predicted octanol–water partition coefficient (Wildman–Crippen LogP) is 0.0188. The third-order valence-electron chi connectivity index (χ3n) is 3.28. The van der Waals surface area contributed by atoms with Gasteiger partial charge in [-0.2, -0.15) is 0 Å². The van der Waals surface area contributed by atoms with Gasteiger partial charge < -0.3 is 20.6 Å². The van der Waals surface area contributed by atoms with Crippen LogP contribution in [0.4, 0.5) is 4.79 Å². The van der Waals surface area contributed by atoms with Gasteiger partial charge in [0.25, 0.3) is 0 Å². The van der Waals surface area contributed by atoms with Crippen LogP contribution >= 0.6 is 0 Å². The molecule has 1 fully saturated rings. The van der Waals surface area contributed by atoms with E-state index in [1.807, 2.05) is 6.92 Å². The number of likely N-dealkylation sites (tertiary alicyclic amines) is 1. The first kappa shape index (κ1) is 15.3. The van der Waals surface area contributed by atoms with Crippen LogP contribution < -0.4 is 10.6 Å². The number of carboxylic acids is 1. The third kappa shape index (κ3) is 4.11. The summed E-state index contributed by atoms with van der Waals surface area (Å²) in [5, 5.41) is 14.3. The average Bonchev–Trinajstić information content (AvgIpc) is 2.74. The molecular weight excluding hydrogens is 250 g/mol. The Labute approximate surface area is 112 Å². The molecular formula is C12H21N3O4. The second kappa shape index (κ2) is 6.40. The summed E-state index contributed by atoms with van der Waals surface area (Å²) in [6, 6.07) is -0.311. The molecule has 0 spiro atoms. The highest BCUT2D eigenvalue weighted by atomic mass is 16.4. The minimum Gasteiger partial charge on any atom is -0.481 e. The number of urea groups is 1. The highest BCUT2D eigenvalue weighted by Crippen LogP contribution is 2.29. The maximum atomic E-state index is 11.8. The molecule has 7 nitrogen and oxygen atoms in total. The fraction of sp³-hybridized carbons (Fsp3) is 0.750. The van der Waals surface area contributed by atoms with Gasteiger partial charge in [0.05, 0.1) is 5.41 Å². The van der Waals surface area contributed by atoms with E-state index in [4.69, 9.17) is 5.11 Å². The summed E-state index contributed by atoms with van der Waals surface area (Å²) in [7, 11) is 0. The Morgan fingerprint density at radius 1 is 1.32 bits per heavy atom. The number of carboxylic acid groups (broad SMARTS) is 1. The molecule has 0 aromatic rings. The van der Waals surface area contributed by atoms with Crippen molar-refractivity contribution in [3.05, 3.63) is 0 Å². The number of carbonyl (C=O) groups excluding carboxylic acids is 2. The number of aliphatic carboxylic acids is 1. The van der Waals surface area contributed by atoms with Crippen molar-refractivity contribution in [2.75, 3.05) is 26.2 Å². The van der Waals surface area contributed by atoms with E-state index in [1.165, 1.54) is 4.90 Å². The lowest BCUT2D eigenvalue weighted by Gasteiger charge is -2.20. The summed E-state index contributed by atoms with van der Waals surface area (Å²) >= 11 is 0. The molecule has 1 aliphatic heterocycles. The highest BCUT2D eigenvalue weighted by molar-refractivity contribution is 5.80. The standard InChI is InChI=1S/C12H21N3O4/c1-3-13-9(16)4-6-14-11(19)15-7-5-12(2,8-15)10(17)18/h3-8H2,1-2H3,(H,13,16)(H,14,19)(H,17,18). The van der Waals surface area contributed by atoms with E-state index in [1.54, 1.807) is 6.92 Å². The molecule has 0 saturated carbocycles. The monoisotopic (exact) mass is 271 g/mol. The van der Waals surface area contributed by atoms with E-state index < -0.39 is 11.4 Å². The first-order valence-corrected chi connectivity index (χ1v) is 6.42. The van der Waals surface area contributed by atoms with E-state index in [-0.39, 0.29) is 31.4 Å². The topological polar surface area (TPSA) is 98.7 Å². The van der Waals surface area contributed by atoms with Crippen LogP contribution in [-0.4, -0.2) is 54.1 Å². The zero-order valence-corrected chi connectivity index (χ0v) is 11.4. The molecule has 0 bridgehead atoms. The first-order chi connectivity index (χ1) is 8.89. The van der Waals surface area contributed by atoms with Crippen LogP contribution in [0.15, 0.2) is 0 Å². The van der Waals surface area contributed by atoms with E-state index in [0.717, 1.165) is 0 Å². The molecule has 0 aliphatic carbocycles. The van der Waals surface area contributed by atoms with E-state index in [0.29, 0.717) is 19.5 Å². The second-order valence-electron chi connectivity index (χ2n) is 4.97. The molecule has 7 heteroatoms. The van der Waals surface area contributed by atoms with E-state index in [9.17, 15) is 14.4 Å². The van der Waals surface area contributed by atoms with Crippen LogP contribution in [0.5, 0.6) is 0 Å². The molecule has 1 rings (SSSR count). The van der Waals surface area contributed by atoms with Crippen molar-refractivity contribution in [1.29, 1.82) is 0 Å². The Bertz CT molecular complexity index is 372. The SMILES string of the molecule is CCNC(=O)CCNC(=O)N1CCC(C)(C(=O)O)C1. The minimum atomic E-state index is -0.884. The van der Waals surface area contributed by atoms with Crippen molar-refractivity contribution in [3.8, 4) is 0 Å². The summed E-state index contributed by atoms with van der Waals surface area (Å²) in [5.74, 6) is -0.996. The third-order valence-corrected chi connectivity index (χ3v) is 3.28. The smallest absolute Gasteiger partial charge is 0.317 e. The lowest BCUT2D eigenvalue weighted by atomic mass is 9.90. The minimum absolute atomic E-state index is 0.111. The summed E-state index contributed by atoms with van der Waals surface area (Å²) in [4.78, 5) is 35.5. The fourth-order valence-electron chi connectivity index (χ4n) is 1.99. The quantitative estimate of drug-likeness (QED) is 0.656. The molecule has 1 unspecified atom stereocenters. The van der Waals surface area contributed by atoms with Crippen LogP contribution in [-0.2, 0) is 9.59 Å². The van der Waals surface area contributed by atoms with Gasteiger partial charge in [-0.15, -0.1) is 0 Å². The van der Waals surface area contributed by atoms with Crippen LogP contribution in [0.3, 0.4) is 0 Å². The molecule has 1 saturated heterocycles. The van der Waals surface area contributed by atoms with Crippen LogP contribution in [0.2, 0.25) is 0 Å². The van der Waals surface area contributed by atoms with Crippen LogP contribution in [0, 0.1) is 5.41 Å². The molecule has 0 radical (unpaired) electrons. The average molecular weight is 271 g/mol. The molecule has 0 aromatic heterocycles. The van der Waals surface area contributed by atoms with Gasteiger partial charge in [-0.25, -0.2) is 4.79 Å². The number of rotatable bonds is 5. The number of nitrogens with one attached hydrogen (secondary N) is 2. The number of nitrogens with zero attached hydrogens (tertiary/aromatic N) is 1. The number of hydrogen-bond donors (Lipinski definition) is 3. The van der Waals surface area contributed by atoms with Crippen molar-refractivity contribution >= 4 is 17.9 Å². The van der Waals surface area contributed by atoms with Crippen molar-refractivity contribution in [3.63, 3.8) is 0 Å². The summed E-state index contributed by atoms with van der Waals surface area (Å²) in [6.45, 7) is 4.91. The van der Waals surface area contributed by atoms with Gasteiger partial charge in [0, 0.05) is 32.6 Å². The maximum Gasteiger partial charge on any atom is 0.317 e. The van der Waals surface area contributed by atoms with Gasteiger partial charge in [0.2, 0.25) is 5.91 Å². The number of hydrogen-bond acceptors (Lipinski definition) is 3. The van der Waals surface area contributed by atoms with Crippen LogP contribution in [0.1, 0.15) is 26.7 Å². The summed E-state index contributed by atoms with van der Waals surface area (Å²) in [5.41, 5.74) is -0.864. The van der Waals surface area contributed by atoms with E-state index >= 15 is 0 Å². The van der Waals surface area contributed by atoms with Gasteiger partial charge in [-0.1, -0.05) is 0 Å². The lowest BCUT2D eigenvalue weighted by molar-refractivity contribution is -0.147. The van der Waals surface area contributed by atoms with Crippen molar-refractivity contribution < 1.29 is 19.5 Å². The van der Waals surface area contributed by atoms with Crippen molar-refractivity contribution in [2.24, 2.45) is 5.41 Å². The molecule has 19 heavy (non-hydrogen) atoms. The lowest BCUT2D eigenvalue weighted by Crippen LogP contribution is -2.42. The Morgan fingerprint density at radius 3 is 2.53 bits per heavy atom. The van der Waals surface area contributed by atoms with Crippen molar-refractivity contribution in [1.82, 2.24) is 15.5 Å². The van der Waals surface area contributed by atoms with E-state index in [2.05, 4.69) is 10.6 Å². The number of carbonyl (C=O) groups is 3. The molecule has 1 aliphatic rings. The number of amides is 3. The fourth-order valence-corrected chi connectivity index (χ4v) is 1.99. The highest BCUT2D eigenvalue weighted by Gasteiger charge is 2.42. The van der Waals surface area contributed by atoms with Gasteiger partial charge in [-0.05, 0) is 20.3 Å². The van der Waals surface area contributed by atoms with Gasteiger partial charge in [0.1, 0.15) is 0 Å².